The van der Waals surface area contributed by atoms with E-state index in [-0.39, 0.29) is 46.7 Å². The third-order valence-corrected chi connectivity index (χ3v) is 5.96. The molecule has 0 N–H and O–H groups in total. The molecule has 0 fully saturated rings. The van der Waals surface area contributed by atoms with E-state index >= 15 is 0 Å². The minimum absolute atomic E-state index is 0. The molecule has 134 valence electrons. The number of hydrogen-bond donors (Lipinski definition) is 0. The number of rotatable bonds is 4. The summed E-state index contributed by atoms with van der Waals surface area (Å²) in [5, 5.41) is 0. The largest absolute Gasteiger partial charge is 1.00 e. The standard InChI is InChI=1S/C17H20N2O5S.Na/c1-5-6-7-12-9(2)13-8-14-10(3)15(25(22,23)24)11(4)18(14)17(21)19(13)16(12)20;/h8H,5-7H2,1-4H3,(H,22,23,24);/q;+1/p-1. The van der Waals surface area contributed by atoms with Crippen molar-refractivity contribution in [2.75, 3.05) is 0 Å². The van der Waals surface area contributed by atoms with Crippen molar-refractivity contribution in [1.82, 2.24) is 8.97 Å². The molecule has 0 aromatic carbocycles. The maximum absolute atomic E-state index is 12.9. The number of carbonyl (C=O) groups is 1. The van der Waals surface area contributed by atoms with Crippen molar-refractivity contribution in [3.63, 3.8) is 0 Å². The summed E-state index contributed by atoms with van der Waals surface area (Å²) in [5.74, 6) is -0.370. The van der Waals surface area contributed by atoms with E-state index in [1.54, 1.807) is 13.0 Å². The summed E-state index contributed by atoms with van der Waals surface area (Å²) in [6.45, 7) is 6.71. The Morgan fingerprint density at radius 2 is 1.77 bits per heavy atom. The van der Waals surface area contributed by atoms with E-state index in [0.29, 0.717) is 23.2 Å². The zero-order chi connectivity index (χ0) is 18.7. The molecule has 0 unspecified atom stereocenters. The SMILES string of the molecule is CCCCC1=C(C)c2cc3c(C)c(S(=O)(=O)[O-])c(C)n3c(=O)n2C1=O.[Na+]. The second-order valence-corrected chi connectivity index (χ2v) is 7.69. The summed E-state index contributed by atoms with van der Waals surface area (Å²) in [7, 11) is -4.72. The van der Waals surface area contributed by atoms with Gasteiger partial charge in [0.25, 0.3) is 5.91 Å². The van der Waals surface area contributed by atoms with Crippen molar-refractivity contribution >= 4 is 27.1 Å². The molecule has 2 aromatic rings. The van der Waals surface area contributed by atoms with Crippen LogP contribution < -0.4 is 35.2 Å². The third-order valence-electron chi connectivity index (χ3n) is 4.86. The van der Waals surface area contributed by atoms with Crippen LogP contribution in [-0.2, 0) is 10.1 Å². The monoisotopic (exact) mass is 386 g/mol. The Labute approximate surface area is 173 Å². The molecule has 1 aliphatic heterocycles. The van der Waals surface area contributed by atoms with Crippen LogP contribution in [0, 0.1) is 13.8 Å². The maximum atomic E-state index is 12.9. The number of unbranched alkanes of at least 4 members (excludes halogenated alkanes) is 1. The Morgan fingerprint density at radius 1 is 1.15 bits per heavy atom. The van der Waals surface area contributed by atoms with Crippen molar-refractivity contribution < 1.29 is 47.3 Å². The van der Waals surface area contributed by atoms with E-state index in [2.05, 4.69) is 0 Å². The fourth-order valence-electron chi connectivity index (χ4n) is 3.59. The molecule has 0 aliphatic carbocycles. The van der Waals surface area contributed by atoms with Gasteiger partial charge in [0.15, 0.2) is 0 Å². The molecule has 3 rings (SSSR count). The number of fused-ring (bicyclic) bond motifs is 2. The topological polar surface area (TPSA) is 101 Å². The van der Waals surface area contributed by atoms with Crippen molar-refractivity contribution in [2.45, 2.75) is 51.9 Å². The Kier molecular flexibility index (Phi) is 5.76. The van der Waals surface area contributed by atoms with Crippen LogP contribution in [0.15, 0.2) is 21.3 Å². The Hall–Kier alpha value is -1.19. The zero-order valence-corrected chi connectivity index (χ0v) is 18.4. The number of nitrogens with zero attached hydrogens (tertiary/aromatic N) is 2. The summed E-state index contributed by atoms with van der Waals surface area (Å²) in [6.07, 6.45) is 2.37. The normalized spacial score (nSPS) is 14.1. The first-order valence-electron chi connectivity index (χ1n) is 8.09. The van der Waals surface area contributed by atoms with Gasteiger partial charge in [-0.25, -0.2) is 17.8 Å². The Balaban J connectivity index is 0.00000243. The summed E-state index contributed by atoms with van der Waals surface area (Å²) in [5.41, 5.74) is 1.77. The quantitative estimate of drug-likeness (QED) is 0.508. The molecule has 26 heavy (non-hydrogen) atoms. The molecule has 0 radical (unpaired) electrons. The maximum Gasteiger partial charge on any atom is 1.00 e. The van der Waals surface area contributed by atoms with Crippen LogP contribution in [0.4, 0.5) is 0 Å². The predicted molar refractivity (Wildman–Crippen MR) is 91.8 cm³/mol. The van der Waals surface area contributed by atoms with Crippen molar-refractivity contribution in [3.8, 4) is 0 Å². The summed E-state index contributed by atoms with van der Waals surface area (Å²) in [6, 6.07) is 1.62. The molecule has 0 spiro atoms. The minimum atomic E-state index is -4.72. The van der Waals surface area contributed by atoms with Gasteiger partial charge in [0.2, 0.25) is 0 Å². The van der Waals surface area contributed by atoms with Crippen molar-refractivity contribution in [2.24, 2.45) is 0 Å². The van der Waals surface area contributed by atoms with E-state index in [9.17, 15) is 22.6 Å². The van der Waals surface area contributed by atoms with Crippen LogP contribution in [0.5, 0.6) is 0 Å². The number of allylic oxidation sites excluding steroid dienone is 2. The van der Waals surface area contributed by atoms with Crippen LogP contribution in [0.1, 0.15) is 54.9 Å². The van der Waals surface area contributed by atoms with Gasteiger partial charge in [-0.15, -0.1) is 0 Å². The van der Waals surface area contributed by atoms with Crippen molar-refractivity contribution in [1.29, 1.82) is 0 Å². The van der Waals surface area contributed by atoms with Crippen LogP contribution >= 0.6 is 0 Å². The second kappa shape index (κ2) is 7.09. The van der Waals surface area contributed by atoms with Crippen LogP contribution in [-0.4, -0.2) is 27.8 Å². The van der Waals surface area contributed by atoms with E-state index < -0.39 is 20.7 Å². The van der Waals surface area contributed by atoms with Crippen molar-refractivity contribution in [3.05, 3.63) is 39.1 Å². The van der Waals surface area contributed by atoms with E-state index in [1.165, 1.54) is 13.8 Å². The predicted octanol–water partition coefficient (Wildman–Crippen LogP) is -0.757. The number of aryl methyl sites for hydroxylation is 2. The third kappa shape index (κ3) is 2.93. The first kappa shape index (κ1) is 21.1. The summed E-state index contributed by atoms with van der Waals surface area (Å²) in [4.78, 5) is 25.2. The Morgan fingerprint density at radius 3 is 2.31 bits per heavy atom. The van der Waals surface area contributed by atoms with Gasteiger partial charge in [-0.3, -0.25) is 9.20 Å². The molecule has 0 atom stereocenters. The van der Waals surface area contributed by atoms with Crippen LogP contribution in [0.3, 0.4) is 0 Å². The smallest absolute Gasteiger partial charge is 0.744 e. The number of carbonyl (C=O) groups excluding carboxylic acids is 1. The molecular weight excluding hydrogens is 367 g/mol. The average molecular weight is 386 g/mol. The average Bonchev–Trinajstić information content (AvgIpc) is 2.90. The van der Waals surface area contributed by atoms with Gasteiger partial charge in [0.1, 0.15) is 10.1 Å². The number of hydrogen-bond acceptors (Lipinski definition) is 5. The number of aromatic nitrogens is 2. The van der Waals surface area contributed by atoms with Gasteiger partial charge in [-0.2, -0.15) is 0 Å². The van der Waals surface area contributed by atoms with E-state index in [1.807, 2.05) is 6.92 Å². The zero-order valence-electron chi connectivity index (χ0n) is 15.5. The molecule has 7 nitrogen and oxygen atoms in total. The van der Waals surface area contributed by atoms with Gasteiger partial charge in [0, 0.05) is 11.3 Å². The van der Waals surface area contributed by atoms with E-state index in [0.717, 1.165) is 27.4 Å². The van der Waals surface area contributed by atoms with Crippen LogP contribution in [0.2, 0.25) is 0 Å². The van der Waals surface area contributed by atoms with Gasteiger partial charge < -0.3 is 4.55 Å². The first-order valence-corrected chi connectivity index (χ1v) is 9.50. The molecule has 3 heterocycles. The first-order chi connectivity index (χ1) is 11.6. The van der Waals surface area contributed by atoms with Gasteiger partial charge >= 0.3 is 35.2 Å². The van der Waals surface area contributed by atoms with Gasteiger partial charge in [0.05, 0.1) is 16.1 Å². The summed E-state index contributed by atoms with van der Waals surface area (Å²) < 4.78 is 36.9. The fourth-order valence-corrected chi connectivity index (χ4v) is 4.53. The second-order valence-electron chi connectivity index (χ2n) is 6.37. The molecule has 0 amide bonds. The van der Waals surface area contributed by atoms with Gasteiger partial charge in [-0.1, -0.05) is 13.3 Å². The molecule has 0 bridgehead atoms. The molecule has 0 saturated heterocycles. The Bertz CT molecular complexity index is 1120. The molecule has 9 heteroatoms. The van der Waals surface area contributed by atoms with Crippen LogP contribution in [0.25, 0.3) is 11.1 Å². The summed E-state index contributed by atoms with van der Waals surface area (Å²) >= 11 is 0. The fraction of sp³-hybridized carbons (Fsp3) is 0.412. The molecule has 0 saturated carbocycles. The molecule has 1 aliphatic rings. The van der Waals surface area contributed by atoms with E-state index in [4.69, 9.17) is 0 Å². The van der Waals surface area contributed by atoms with Gasteiger partial charge in [-0.05, 0) is 50.8 Å². The molecular formula is C17H19N2NaO5S. The minimum Gasteiger partial charge on any atom is -0.744 e. The molecule has 2 aromatic heterocycles.